The van der Waals surface area contributed by atoms with Crippen LogP contribution in [0.1, 0.15) is 26.3 Å². The fourth-order valence-corrected chi connectivity index (χ4v) is 4.18. The van der Waals surface area contributed by atoms with Crippen LogP contribution in [0.2, 0.25) is 0 Å². The number of carbonyl (C=O) groups excluding carboxylic acids is 3. The zero-order chi connectivity index (χ0) is 26.9. The van der Waals surface area contributed by atoms with Crippen LogP contribution in [0.4, 0.5) is 14.5 Å². The summed E-state index contributed by atoms with van der Waals surface area (Å²) in [7, 11) is 0. The van der Waals surface area contributed by atoms with Gasteiger partial charge in [0.1, 0.15) is 17.3 Å². The molecule has 0 aliphatic rings. The molecule has 0 atom stereocenters. The van der Waals surface area contributed by atoms with Crippen molar-refractivity contribution in [3.8, 4) is 0 Å². The Morgan fingerprint density at radius 3 is 2.08 bits per heavy atom. The minimum absolute atomic E-state index is 0.132. The van der Waals surface area contributed by atoms with Crippen molar-refractivity contribution in [1.29, 1.82) is 0 Å². The number of nitrogens with one attached hydrogen (secondary N) is 2. The summed E-state index contributed by atoms with van der Waals surface area (Å²) >= 11 is 1.30. The van der Waals surface area contributed by atoms with E-state index in [1.165, 1.54) is 60.3 Å². The summed E-state index contributed by atoms with van der Waals surface area (Å²) in [5.41, 5.74) is 1.22. The molecule has 2 N–H and O–H groups in total. The van der Waals surface area contributed by atoms with Gasteiger partial charge in [-0.05, 0) is 72.8 Å². The van der Waals surface area contributed by atoms with Gasteiger partial charge in [-0.1, -0.05) is 36.4 Å². The van der Waals surface area contributed by atoms with Crippen LogP contribution in [-0.2, 0) is 4.79 Å². The summed E-state index contributed by atoms with van der Waals surface area (Å²) in [6, 6.07) is 26.4. The van der Waals surface area contributed by atoms with E-state index in [1.54, 1.807) is 60.7 Å². The van der Waals surface area contributed by atoms with E-state index in [2.05, 4.69) is 10.6 Å². The highest BCUT2D eigenvalue weighted by Crippen LogP contribution is 2.22. The second-order valence-corrected chi connectivity index (χ2v) is 9.15. The minimum atomic E-state index is -0.635. The van der Waals surface area contributed by atoms with E-state index in [1.807, 2.05) is 0 Å². The van der Waals surface area contributed by atoms with Gasteiger partial charge in [0.05, 0.1) is 5.75 Å². The molecule has 4 aromatic carbocycles. The molecule has 190 valence electrons. The molecular weight excluding hydrogens is 506 g/mol. The zero-order valence-electron chi connectivity index (χ0n) is 20.0. The third kappa shape index (κ3) is 7.24. The summed E-state index contributed by atoms with van der Waals surface area (Å²) < 4.78 is 27.3. The molecule has 0 fully saturated rings. The van der Waals surface area contributed by atoms with Crippen LogP contribution >= 0.6 is 11.8 Å². The molecule has 0 saturated heterocycles. The Morgan fingerprint density at radius 1 is 0.737 bits per heavy atom. The predicted octanol–water partition coefficient (Wildman–Crippen LogP) is 6.35. The number of benzene rings is 4. The number of Topliss-reactive ketones (excluding diaryl/α,β-unsaturated/α-hetero) is 1. The first kappa shape index (κ1) is 26.5. The van der Waals surface area contributed by atoms with Gasteiger partial charge < -0.3 is 10.6 Å². The molecule has 5 nitrogen and oxygen atoms in total. The highest BCUT2D eigenvalue weighted by atomic mass is 32.2. The Kier molecular flexibility index (Phi) is 8.79. The van der Waals surface area contributed by atoms with Crippen LogP contribution < -0.4 is 10.6 Å². The normalized spacial score (nSPS) is 11.1. The van der Waals surface area contributed by atoms with E-state index >= 15 is 0 Å². The largest absolute Gasteiger partial charge is 0.321 e. The van der Waals surface area contributed by atoms with Gasteiger partial charge in [0.25, 0.3) is 11.8 Å². The first-order valence-electron chi connectivity index (χ1n) is 11.5. The van der Waals surface area contributed by atoms with Gasteiger partial charge in [-0.15, -0.1) is 11.8 Å². The van der Waals surface area contributed by atoms with Crippen molar-refractivity contribution >= 4 is 41.1 Å². The van der Waals surface area contributed by atoms with Crippen molar-refractivity contribution in [2.45, 2.75) is 4.90 Å². The number of halogens is 2. The Bertz CT molecular complexity index is 1470. The van der Waals surface area contributed by atoms with E-state index in [0.29, 0.717) is 16.8 Å². The van der Waals surface area contributed by atoms with Crippen molar-refractivity contribution in [2.24, 2.45) is 0 Å². The maximum atomic E-state index is 14.3. The number of thioether (sulfide) groups is 1. The quantitative estimate of drug-likeness (QED) is 0.151. The van der Waals surface area contributed by atoms with Crippen LogP contribution in [0.15, 0.2) is 114 Å². The number of rotatable bonds is 9. The number of hydrogen-bond acceptors (Lipinski definition) is 4. The van der Waals surface area contributed by atoms with Crippen molar-refractivity contribution < 1.29 is 23.2 Å². The smallest absolute Gasteiger partial charge is 0.272 e. The van der Waals surface area contributed by atoms with E-state index < -0.39 is 23.4 Å². The number of amides is 2. The van der Waals surface area contributed by atoms with Crippen LogP contribution in [0, 0.1) is 11.6 Å². The molecule has 38 heavy (non-hydrogen) atoms. The lowest BCUT2D eigenvalue weighted by Gasteiger charge is -2.12. The summed E-state index contributed by atoms with van der Waals surface area (Å²) in [4.78, 5) is 38.9. The number of ketones is 1. The van der Waals surface area contributed by atoms with Gasteiger partial charge in [-0.2, -0.15) is 0 Å². The van der Waals surface area contributed by atoms with Crippen LogP contribution in [0.3, 0.4) is 0 Å². The van der Waals surface area contributed by atoms with Gasteiger partial charge >= 0.3 is 0 Å². The van der Waals surface area contributed by atoms with Gasteiger partial charge in [-0.3, -0.25) is 14.4 Å². The fourth-order valence-electron chi connectivity index (χ4n) is 3.39. The predicted molar refractivity (Wildman–Crippen MR) is 145 cm³/mol. The molecular formula is C30H22F2N2O3S. The van der Waals surface area contributed by atoms with E-state index in [0.717, 1.165) is 4.90 Å². The van der Waals surface area contributed by atoms with Crippen molar-refractivity contribution in [2.75, 3.05) is 11.1 Å². The average Bonchev–Trinajstić information content (AvgIpc) is 2.94. The highest BCUT2D eigenvalue weighted by Gasteiger charge is 2.16. The van der Waals surface area contributed by atoms with E-state index in [9.17, 15) is 23.2 Å². The van der Waals surface area contributed by atoms with Gasteiger partial charge in [0, 0.05) is 27.3 Å². The molecule has 0 spiro atoms. The average molecular weight is 529 g/mol. The lowest BCUT2D eigenvalue weighted by molar-refractivity contribution is -0.113. The summed E-state index contributed by atoms with van der Waals surface area (Å²) in [6.45, 7) is 0. The van der Waals surface area contributed by atoms with Crippen molar-refractivity contribution in [3.05, 3.63) is 137 Å². The maximum Gasteiger partial charge on any atom is 0.272 e. The fraction of sp³-hybridized carbons (Fsp3) is 0.0333. The van der Waals surface area contributed by atoms with Gasteiger partial charge in [0.15, 0.2) is 5.78 Å². The molecule has 0 aliphatic carbocycles. The van der Waals surface area contributed by atoms with E-state index in [4.69, 9.17) is 0 Å². The van der Waals surface area contributed by atoms with Crippen LogP contribution in [-0.4, -0.2) is 23.4 Å². The van der Waals surface area contributed by atoms with Gasteiger partial charge in [-0.25, -0.2) is 8.78 Å². The third-order valence-electron chi connectivity index (χ3n) is 5.38. The highest BCUT2D eigenvalue weighted by molar-refractivity contribution is 8.00. The first-order valence-corrected chi connectivity index (χ1v) is 12.5. The molecule has 8 heteroatoms. The Hall–Kier alpha value is -4.56. The second kappa shape index (κ2) is 12.6. The van der Waals surface area contributed by atoms with Crippen molar-refractivity contribution in [3.63, 3.8) is 0 Å². The minimum Gasteiger partial charge on any atom is -0.321 e. The summed E-state index contributed by atoms with van der Waals surface area (Å²) in [5, 5.41) is 5.28. The molecule has 4 aromatic rings. The lowest BCUT2D eigenvalue weighted by atomic mass is 10.1. The van der Waals surface area contributed by atoms with Crippen LogP contribution in [0.25, 0.3) is 6.08 Å². The molecule has 0 aromatic heterocycles. The standard InChI is InChI=1S/C30H22F2N2O3S/c31-23-12-10-20(11-13-23)28(35)19-38-25-16-14-24(15-17-25)33-30(37)27(18-22-8-4-5-9-26(22)32)34-29(36)21-6-2-1-3-7-21/h1-18H,19H2,(H,33,37)(H,34,36)/b27-18-. The number of carbonyl (C=O) groups is 3. The molecule has 2 amide bonds. The third-order valence-corrected chi connectivity index (χ3v) is 6.39. The molecule has 0 saturated carbocycles. The number of anilines is 1. The zero-order valence-corrected chi connectivity index (χ0v) is 20.8. The first-order chi connectivity index (χ1) is 18.4. The van der Waals surface area contributed by atoms with Gasteiger partial charge in [0.2, 0.25) is 0 Å². The van der Waals surface area contributed by atoms with E-state index in [-0.39, 0.29) is 22.8 Å². The molecule has 0 unspecified atom stereocenters. The molecule has 0 bridgehead atoms. The second-order valence-electron chi connectivity index (χ2n) is 8.10. The number of hydrogen-bond donors (Lipinski definition) is 2. The Balaban J connectivity index is 1.44. The van der Waals surface area contributed by atoms with Crippen molar-refractivity contribution in [1.82, 2.24) is 5.32 Å². The summed E-state index contributed by atoms with van der Waals surface area (Å²) in [5.74, 6) is -2.06. The molecule has 0 radical (unpaired) electrons. The Morgan fingerprint density at radius 2 is 1.39 bits per heavy atom. The monoisotopic (exact) mass is 528 g/mol. The summed E-state index contributed by atoms with van der Waals surface area (Å²) in [6.07, 6.45) is 1.27. The molecule has 0 heterocycles. The topological polar surface area (TPSA) is 75.3 Å². The SMILES string of the molecule is O=C(Nc1ccc(SCC(=O)c2ccc(F)cc2)cc1)/C(=C/c1ccccc1F)NC(=O)c1ccccc1. The Labute approximate surface area is 222 Å². The maximum absolute atomic E-state index is 14.3. The molecule has 4 rings (SSSR count). The molecule has 0 aliphatic heterocycles. The lowest BCUT2D eigenvalue weighted by Crippen LogP contribution is -2.30. The van der Waals surface area contributed by atoms with Crippen LogP contribution in [0.5, 0.6) is 0 Å².